The highest BCUT2D eigenvalue weighted by Gasteiger charge is 2.14. The Kier molecular flexibility index (Phi) is 3.60. The number of fused-ring (bicyclic) bond motifs is 6. The van der Waals surface area contributed by atoms with Crippen molar-refractivity contribution in [3.05, 3.63) is 100 Å². The van der Waals surface area contributed by atoms with Crippen molar-refractivity contribution in [1.29, 1.82) is 0 Å². The average molecular weight is 375 g/mol. The first-order valence-corrected chi connectivity index (χ1v) is 10.4. The summed E-state index contributed by atoms with van der Waals surface area (Å²) >= 11 is 0. The molecular formula is C27H21NO. The second-order valence-corrected chi connectivity index (χ2v) is 8.04. The molecule has 2 nitrogen and oxygen atoms in total. The fourth-order valence-electron chi connectivity index (χ4n) is 4.98. The van der Waals surface area contributed by atoms with Crippen molar-refractivity contribution in [2.45, 2.75) is 25.7 Å². The number of pyridine rings is 1. The Morgan fingerprint density at radius 3 is 2.41 bits per heavy atom. The predicted octanol–water partition coefficient (Wildman–Crippen LogP) is 6.18. The lowest BCUT2D eigenvalue weighted by atomic mass is 9.86. The minimum Gasteiger partial charge on any atom is -0.277 e. The van der Waals surface area contributed by atoms with E-state index >= 15 is 0 Å². The van der Waals surface area contributed by atoms with Crippen molar-refractivity contribution in [3.63, 3.8) is 0 Å². The van der Waals surface area contributed by atoms with Gasteiger partial charge in [0.05, 0.1) is 5.52 Å². The van der Waals surface area contributed by atoms with Crippen molar-refractivity contribution >= 4 is 32.4 Å². The molecule has 1 aliphatic carbocycles. The van der Waals surface area contributed by atoms with Crippen LogP contribution in [0.4, 0.5) is 0 Å². The normalized spacial score (nSPS) is 13.8. The zero-order valence-electron chi connectivity index (χ0n) is 16.2. The third-order valence-corrected chi connectivity index (χ3v) is 6.39. The Morgan fingerprint density at radius 1 is 0.655 bits per heavy atom. The van der Waals surface area contributed by atoms with E-state index in [1.165, 1.54) is 58.4 Å². The van der Waals surface area contributed by atoms with Gasteiger partial charge in [-0.1, -0.05) is 48.5 Å². The monoisotopic (exact) mass is 375 g/mol. The number of para-hydroxylation sites is 1. The molecule has 0 bridgehead atoms. The van der Waals surface area contributed by atoms with Crippen LogP contribution in [0.25, 0.3) is 38.1 Å². The third kappa shape index (κ3) is 2.52. The second-order valence-electron chi connectivity index (χ2n) is 8.04. The maximum Gasteiger partial charge on any atom is 0.255 e. The van der Waals surface area contributed by atoms with Gasteiger partial charge in [0.15, 0.2) is 0 Å². The molecule has 5 aromatic rings. The van der Waals surface area contributed by atoms with Gasteiger partial charge in [-0.2, -0.15) is 0 Å². The highest BCUT2D eigenvalue weighted by molar-refractivity contribution is 6.09. The quantitative estimate of drug-likeness (QED) is 0.321. The summed E-state index contributed by atoms with van der Waals surface area (Å²) in [5, 5.41) is 6.21. The number of aromatic nitrogens is 1. The molecule has 1 heterocycles. The van der Waals surface area contributed by atoms with Crippen LogP contribution in [0.15, 0.2) is 83.7 Å². The average Bonchev–Trinajstić information content (AvgIpc) is 2.78. The molecule has 0 spiro atoms. The summed E-state index contributed by atoms with van der Waals surface area (Å²) in [6.07, 6.45) is 4.97. The fourth-order valence-corrected chi connectivity index (χ4v) is 4.98. The van der Waals surface area contributed by atoms with E-state index in [-0.39, 0.29) is 5.56 Å². The maximum atomic E-state index is 12.7. The van der Waals surface area contributed by atoms with Crippen molar-refractivity contribution in [2.24, 2.45) is 0 Å². The van der Waals surface area contributed by atoms with Crippen LogP contribution < -0.4 is 5.56 Å². The van der Waals surface area contributed by atoms with Gasteiger partial charge in [-0.15, -0.1) is 0 Å². The number of nitrogens with zero attached hydrogens (tertiary/aromatic N) is 1. The molecular weight excluding hydrogens is 354 g/mol. The number of benzene rings is 4. The van der Waals surface area contributed by atoms with Crippen molar-refractivity contribution < 1.29 is 0 Å². The molecule has 4 aromatic carbocycles. The lowest BCUT2D eigenvalue weighted by molar-refractivity contribution is 0.690. The molecule has 0 atom stereocenters. The molecule has 0 aliphatic heterocycles. The number of hydrogen-bond donors (Lipinski definition) is 0. The Morgan fingerprint density at radius 2 is 1.45 bits per heavy atom. The van der Waals surface area contributed by atoms with E-state index in [4.69, 9.17) is 0 Å². The fraction of sp³-hybridized carbons (Fsp3) is 0.148. The topological polar surface area (TPSA) is 22.0 Å². The largest absolute Gasteiger partial charge is 0.277 e. The number of rotatable bonds is 1. The van der Waals surface area contributed by atoms with Crippen molar-refractivity contribution in [3.8, 4) is 5.69 Å². The predicted molar refractivity (Wildman–Crippen MR) is 121 cm³/mol. The van der Waals surface area contributed by atoms with Crippen LogP contribution in [0, 0.1) is 0 Å². The lowest BCUT2D eigenvalue weighted by Crippen LogP contribution is -2.17. The first-order chi connectivity index (χ1) is 14.3. The van der Waals surface area contributed by atoms with Gasteiger partial charge in [0.25, 0.3) is 5.56 Å². The third-order valence-electron chi connectivity index (χ3n) is 6.39. The molecule has 0 N–H and O–H groups in total. The Hall–Kier alpha value is -3.39. The van der Waals surface area contributed by atoms with Crippen molar-refractivity contribution in [2.75, 3.05) is 0 Å². The van der Waals surface area contributed by atoms with Crippen LogP contribution in [0.3, 0.4) is 0 Å². The highest BCUT2D eigenvalue weighted by Crippen LogP contribution is 2.34. The summed E-state index contributed by atoms with van der Waals surface area (Å²) in [5.41, 5.74) is 4.90. The van der Waals surface area contributed by atoms with Crippen LogP contribution in [-0.2, 0) is 12.8 Å². The minimum atomic E-state index is -0.00194. The van der Waals surface area contributed by atoms with Crippen LogP contribution in [0.5, 0.6) is 0 Å². The van der Waals surface area contributed by atoms with Crippen LogP contribution in [0.1, 0.15) is 24.0 Å². The van der Waals surface area contributed by atoms with Gasteiger partial charge in [0.2, 0.25) is 0 Å². The van der Waals surface area contributed by atoms with Gasteiger partial charge in [-0.05, 0) is 88.0 Å². The summed E-state index contributed by atoms with van der Waals surface area (Å²) in [7, 11) is 0. The number of aryl methyl sites for hydroxylation is 2. The first kappa shape index (κ1) is 16.6. The summed E-state index contributed by atoms with van der Waals surface area (Å²) in [4.78, 5) is 12.7. The summed E-state index contributed by atoms with van der Waals surface area (Å²) in [5.74, 6) is 0. The molecule has 0 unspecified atom stereocenters. The molecule has 1 aliphatic rings. The van der Waals surface area contributed by atoms with Gasteiger partial charge in [0, 0.05) is 11.8 Å². The van der Waals surface area contributed by atoms with Gasteiger partial charge >= 0.3 is 0 Å². The van der Waals surface area contributed by atoms with E-state index in [0.717, 1.165) is 16.6 Å². The molecule has 0 fully saturated rings. The standard InChI is InChI=1S/C27H21NO/c29-27-16-11-19-6-2-4-8-26(19)28(27)21-12-15-23-20(17-21)10-14-24-22-7-3-1-5-18(22)9-13-25(23)24/h2,4,6,8-17H,1,3,5,7H2. The molecule has 0 saturated carbocycles. The molecule has 29 heavy (non-hydrogen) atoms. The molecule has 1 aromatic heterocycles. The zero-order valence-corrected chi connectivity index (χ0v) is 16.2. The van der Waals surface area contributed by atoms with Crippen LogP contribution in [-0.4, -0.2) is 4.57 Å². The van der Waals surface area contributed by atoms with Crippen LogP contribution in [0.2, 0.25) is 0 Å². The Balaban J connectivity index is 1.61. The first-order valence-electron chi connectivity index (χ1n) is 10.4. The minimum absolute atomic E-state index is 0.00194. The summed E-state index contributed by atoms with van der Waals surface area (Å²) < 4.78 is 1.81. The van der Waals surface area contributed by atoms with E-state index in [1.54, 1.807) is 6.07 Å². The second kappa shape index (κ2) is 6.31. The SMILES string of the molecule is O=c1ccc2ccccc2n1-c1ccc2c(ccc3c4c(ccc32)CCCC4)c1. The molecule has 2 heteroatoms. The van der Waals surface area contributed by atoms with Gasteiger partial charge in [-0.25, -0.2) is 0 Å². The van der Waals surface area contributed by atoms with Gasteiger partial charge in [0.1, 0.15) is 0 Å². The number of hydrogen-bond acceptors (Lipinski definition) is 1. The molecule has 0 saturated heterocycles. The van der Waals surface area contributed by atoms with E-state index in [1.807, 2.05) is 34.9 Å². The molecule has 0 radical (unpaired) electrons. The Bertz CT molecular complexity index is 1480. The van der Waals surface area contributed by atoms with Crippen molar-refractivity contribution in [1.82, 2.24) is 4.57 Å². The van der Waals surface area contributed by atoms with Gasteiger partial charge in [-0.3, -0.25) is 9.36 Å². The smallest absolute Gasteiger partial charge is 0.255 e. The molecule has 140 valence electrons. The maximum absolute atomic E-state index is 12.7. The van der Waals surface area contributed by atoms with E-state index in [0.29, 0.717) is 0 Å². The molecule has 6 rings (SSSR count). The van der Waals surface area contributed by atoms with E-state index in [9.17, 15) is 4.79 Å². The summed E-state index contributed by atoms with van der Waals surface area (Å²) in [6, 6.07) is 27.1. The summed E-state index contributed by atoms with van der Waals surface area (Å²) in [6.45, 7) is 0. The molecule has 0 amide bonds. The van der Waals surface area contributed by atoms with E-state index in [2.05, 4.69) is 42.5 Å². The van der Waals surface area contributed by atoms with Crippen LogP contribution >= 0.6 is 0 Å². The Labute approximate surface area is 169 Å². The zero-order chi connectivity index (χ0) is 19.4. The van der Waals surface area contributed by atoms with E-state index < -0.39 is 0 Å². The lowest BCUT2D eigenvalue weighted by Gasteiger charge is -2.19. The highest BCUT2D eigenvalue weighted by atomic mass is 16.1. The van der Waals surface area contributed by atoms with Gasteiger partial charge < -0.3 is 0 Å².